The number of hydrogen-bond acceptors (Lipinski definition) is 4. The Kier molecular flexibility index (Phi) is 3.79. The molecule has 0 aliphatic heterocycles. The minimum Gasteiger partial charge on any atom is -0.480 e. The minimum absolute atomic E-state index is 0.623. The highest BCUT2D eigenvalue weighted by atomic mass is 79.9. The monoisotopic (exact) mass is 298 g/mol. The molecular formula is C11H11BrN2OS. The van der Waals surface area contributed by atoms with Gasteiger partial charge in [-0.15, -0.1) is 11.3 Å². The van der Waals surface area contributed by atoms with Gasteiger partial charge in [0, 0.05) is 17.6 Å². The van der Waals surface area contributed by atoms with E-state index in [9.17, 15) is 0 Å². The molecule has 0 aliphatic rings. The highest BCUT2D eigenvalue weighted by Crippen LogP contribution is 2.25. The number of pyridine rings is 1. The van der Waals surface area contributed by atoms with Gasteiger partial charge in [0.1, 0.15) is 0 Å². The molecule has 0 saturated carbocycles. The van der Waals surface area contributed by atoms with Crippen molar-refractivity contribution in [3.05, 3.63) is 39.1 Å². The molecule has 0 amide bonds. The Labute approximate surface area is 107 Å². The molecule has 0 saturated heterocycles. The second-order valence-electron chi connectivity index (χ2n) is 3.12. The fourth-order valence-corrected chi connectivity index (χ4v) is 2.74. The first-order valence-electron chi connectivity index (χ1n) is 4.76. The van der Waals surface area contributed by atoms with Crippen molar-refractivity contribution in [3.8, 4) is 5.88 Å². The lowest BCUT2D eigenvalue weighted by Crippen LogP contribution is -2.00. The van der Waals surface area contributed by atoms with E-state index in [1.807, 2.05) is 18.2 Å². The number of hydrogen-bond donors (Lipinski definition) is 1. The molecule has 0 aromatic carbocycles. The van der Waals surface area contributed by atoms with E-state index in [2.05, 4.69) is 32.3 Å². The van der Waals surface area contributed by atoms with Gasteiger partial charge in [-0.1, -0.05) is 0 Å². The molecule has 2 rings (SSSR count). The van der Waals surface area contributed by atoms with Crippen LogP contribution in [0.4, 0.5) is 5.69 Å². The molecule has 3 nitrogen and oxygen atoms in total. The molecule has 0 spiro atoms. The van der Waals surface area contributed by atoms with Gasteiger partial charge in [0.15, 0.2) is 0 Å². The van der Waals surface area contributed by atoms with Crippen LogP contribution in [0.3, 0.4) is 0 Å². The number of aromatic nitrogens is 1. The lowest BCUT2D eigenvalue weighted by atomic mass is 10.4. The maximum atomic E-state index is 5.16. The Balaban J connectivity index is 2.04. The topological polar surface area (TPSA) is 34.1 Å². The van der Waals surface area contributed by atoms with Crippen LogP contribution in [-0.2, 0) is 6.54 Å². The third kappa shape index (κ3) is 2.74. The number of methoxy groups -OCH3 is 1. The van der Waals surface area contributed by atoms with Crippen molar-refractivity contribution in [1.82, 2.24) is 4.98 Å². The smallest absolute Gasteiger partial charge is 0.237 e. The van der Waals surface area contributed by atoms with E-state index in [1.54, 1.807) is 24.6 Å². The van der Waals surface area contributed by atoms with Gasteiger partial charge < -0.3 is 10.1 Å². The highest BCUT2D eigenvalue weighted by Gasteiger charge is 2.03. The standard InChI is InChI=1S/C11H11BrN2OS/c1-15-11-9(3-2-6-13-11)14-7-8-4-5-10(12)16-8/h2-6,14H,7H2,1H3. The quantitative estimate of drug-likeness (QED) is 0.938. The SMILES string of the molecule is COc1ncccc1NCc1ccc(Br)s1. The van der Waals surface area contributed by atoms with Crippen molar-refractivity contribution < 1.29 is 4.74 Å². The molecule has 0 aliphatic carbocycles. The fourth-order valence-electron chi connectivity index (χ4n) is 1.32. The van der Waals surface area contributed by atoms with Crippen molar-refractivity contribution in [1.29, 1.82) is 0 Å². The van der Waals surface area contributed by atoms with Crippen LogP contribution in [0.15, 0.2) is 34.2 Å². The molecule has 2 heterocycles. The Bertz CT molecular complexity index is 473. The summed E-state index contributed by atoms with van der Waals surface area (Å²) in [4.78, 5) is 5.39. The van der Waals surface area contributed by atoms with Crippen molar-refractivity contribution >= 4 is 33.0 Å². The minimum atomic E-state index is 0.623. The Hall–Kier alpha value is -1.07. The van der Waals surface area contributed by atoms with Crippen LogP contribution in [0.25, 0.3) is 0 Å². The van der Waals surface area contributed by atoms with Gasteiger partial charge in [0.2, 0.25) is 5.88 Å². The van der Waals surface area contributed by atoms with Gasteiger partial charge in [-0.2, -0.15) is 0 Å². The zero-order valence-corrected chi connectivity index (χ0v) is 11.1. The molecule has 0 unspecified atom stereocenters. The first kappa shape index (κ1) is 11.4. The lowest BCUT2D eigenvalue weighted by molar-refractivity contribution is 0.399. The number of nitrogens with zero attached hydrogens (tertiary/aromatic N) is 1. The highest BCUT2D eigenvalue weighted by molar-refractivity contribution is 9.11. The summed E-state index contributed by atoms with van der Waals surface area (Å²) in [6.07, 6.45) is 1.71. The van der Waals surface area contributed by atoms with Gasteiger partial charge in [0.05, 0.1) is 16.6 Å². The third-order valence-corrected chi connectivity index (χ3v) is 3.67. The summed E-state index contributed by atoms with van der Waals surface area (Å²) in [5.41, 5.74) is 0.912. The molecule has 2 aromatic heterocycles. The van der Waals surface area contributed by atoms with E-state index in [0.29, 0.717) is 5.88 Å². The van der Waals surface area contributed by atoms with Gasteiger partial charge in [0.25, 0.3) is 0 Å². The van der Waals surface area contributed by atoms with Crippen LogP contribution in [0.5, 0.6) is 5.88 Å². The number of anilines is 1. The summed E-state index contributed by atoms with van der Waals surface area (Å²) >= 11 is 5.15. The molecule has 2 aromatic rings. The maximum absolute atomic E-state index is 5.16. The first-order chi connectivity index (χ1) is 7.79. The molecule has 0 atom stereocenters. The predicted octanol–water partition coefficient (Wildman–Crippen LogP) is 3.53. The number of ether oxygens (including phenoxy) is 1. The summed E-state index contributed by atoms with van der Waals surface area (Å²) in [5.74, 6) is 0.623. The van der Waals surface area contributed by atoms with Crippen molar-refractivity contribution in [3.63, 3.8) is 0 Å². The molecular weight excluding hydrogens is 288 g/mol. The number of rotatable bonds is 4. The summed E-state index contributed by atoms with van der Waals surface area (Å²) < 4.78 is 6.30. The Morgan fingerprint density at radius 3 is 3.00 bits per heavy atom. The second-order valence-corrected chi connectivity index (χ2v) is 5.67. The molecule has 84 valence electrons. The van der Waals surface area contributed by atoms with Crippen LogP contribution in [0.2, 0.25) is 0 Å². The van der Waals surface area contributed by atoms with Crippen molar-refractivity contribution in [2.45, 2.75) is 6.54 Å². The fraction of sp³-hybridized carbons (Fsp3) is 0.182. The average Bonchev–Trinajstić information content (AvgIpc) is 2.73. The van der Waals surface area contributed by atoms with E-state index in [0.717, 1.165) is 16.0 Å². The molecule has 1 N–H and O–H groups in total. The summed E-state index contributed by atoms with van der Waals surface area (Å²) in [7, 11) is 1.62. The first-order valence-corrected chi connectivity index (χ1v) is 6.37. The zero-order valence-electron chi connectivity index (χ0n) is 8.74. The van der Waals surface area contributed by atoms with Crippen LogP contribution < -0.4 is 10.1 Å². The van der Waals surface area contributed by atoms with Crippen LogP contribution in [0.1, 0.15) is 4.88 Å². The van der Waals surface area contributed by atoms with Gasteiger partial charge in [-0.05, 0) is 40.2 Å². The van der Waals surface area contributed by atoms with Gasteiger partial charge >= 0.3 is 0 Å². The van der Waals surface area contributed by atoms with E-state index >= 15 is 0 Å². The zero-order chi connectivity index (χ0) is 11.4. The van der Waals surface area contributed by atoms with Crippen LogP contribution in [0, 0.1) is 0 Å². The Morgan fingerprint density at radius 1 is 1.44 bits per heavy atom. The average molecular weight is 299 g/mol. The summed E-state index contributed by atoms with van der Waals surface area (Å²) in [6.45, 7) is 0.776. The summed E-state index contributed by atoms with van der Waals surface area (Å²) in [6, 6.07) is 7.97. The second kappa shape index (κ2) is 5.32. The van der Waals surface area contributed by atoms with E-state index in [1.165, 1.54) is 4.88 Å². The van der Waals surface area contributed by atoms with Gasteiger partial charge in [-0.25, -0.2) is 4.98 Å². The van der Waals surface area contributed by atoms with Crippen LogP contribution >= 0.6 is 27.3 Å². The molecule has 0 radical (unpaired) electrons. The maximum Gasteiger partial charge on any atom is 0.237 e. The van der Waals surface area contributed by atoms with E-state index in [4.69, 9.17) is 4.74 Å². The Morgan fingerprint density at radius 2 is 2.31 bits per heavy atom. The number of thiophene rings is 1. The summed E-state index contributed by atoms with van der Waals surface area (Å²) in [5, 5.41) is 3.30. The van der Waals surface area contributed by atoms with Gasteiger partial charge in [-0.3, -0.25) is 0 Å². The van der Waals surface area contributed by atoms with Crippen molar-refractivity contribution in [2.24, 2.45) is 0 Å². The molecule has 16 heavy (non-hydrogen) atoms. The molecule has 0 bridgehead atoms. The lowest BCUT2D eigenvalue weighted by Gasteiger charge is -2.08. The molecule has 5 heteroatoms. The predicted molar refractivity (Wildman–Crippen MR) is 70.1 cm³/mol. The number of halogens is 1. The normalized spacial score (nSPS) is 10.1. The largest absolute Gasteiger partial charge is 0.480 e. The molecule has 0 fully saturated rings. The number of nitrogens with one attached hydrogen (secondary N) is 1. The van der Waals surface area contributed by atoms with Crippen molar-refractivity contribution in [2.75, 3.05) is 12.4 Å². The van der Waals surface area contributed by atoms with E-state index < -0.39 is 0 Å². The van der Waals surface area contributed by atoms with Crippen LogP contribution in [-0.4, -0.2) is 12.1 Å². The van der Waals surface area contributed by atoms with E-state index in [-0.39, 0.29) is 0 Å². The third-order valence-electron chi connectivity index (χ3n) is 2.05.